The lowest BCUT2D eigenvalue weighted by Gasteiger charge is -2.11. The fourth-order valence-corrected chi connectivity index (χ4v) is 6.36. The molecule has 8 aromatic rings. The van der Waals surface area contributed by atoms with Crippen LogP contribution in [-0.4, -0.2) is 24.3 Å². The summed E-state index contributed by atoms with van der Waals surface area (Å²) in [6.45, 7) is 0. The van der Waals surface area contributed by atoms with Gasteiger partial charge in [-0.2, -0.15) is 5.10 Å². The SMILES string of the molecule is c1ccc(-c2cccc(-n3c4cc(-c5nc6ccccc6s5)ccc4c4c(-n5cccn5)cccc43)c2)nc1. The topological polar surface area (TPSA) is 48.5 Å². The van der Waals surface area contributed by atoms with Crippen LogP contribution in [0.4, 0.5) is 0 Å². The van der Waals surface area contributed by atoms with E-state index >= 15 is 0 Å². The minimum absolute atomic E-state index is 0.951. The number of fused-ring (bicyclic) bond motifs is 4. The van der Waals surface area contributed by atoms with Crippen LogP contribution in [0.15, 0.2) is 128 Å². The molecule has 8 rings (SSSR count). The quantitative estimate of drug-likeness (QED) is 0.235. The van der Waals surface area contributed by atoms with Crippen LogP contribution in [0.5, 0.6) is 0 Å². The summed E-state index contributed by atoms with van der Waals surface area (Å²) >= 11 is 1.73. The van der Waals surface area contributed by atoms with Crippen LogP contribution in [0.3, 0.4) is 0 Å². The highest BCUT2D eigenvalue weighted by Crippen LogP contribution is 2.39. The highest BCUT2D eigenvalue weighted by atomic mass is 32.1. The van der Waals surface area contributed by atoms with E-state index in [4.69, 9.17) is 4.98 Å². The van der Waals surface area contributed by atoms with E-state index < -0.39 is 0 Å². The summed E-state index contributed by atoms with van der Waals surface area (Å²) in [5, 5.41) is 7.91. The molecule has 0 aliphatic heterocycles. The van der Waals surface area contributed by atoms with Gasteiger partial charge in [-0.1, -0.05) is 48.5 Å². The molecular weight excluding hydrogens is 498 g/mol. The summed E-state index contributed by atoms with van der Waals surface area (Å²) in [5.74, 6) is 0. The molecule has 0 N–H and O–H groups in total. The van der Waals surface area contributed by atoms with Gasteiger partial charge in [0.25, 0.3) is 0 Å². The molecule has 0 amide bonds. The molecule has 184 valence electrons. The van der Waals surface area contributed by atoms with E-state index in [2.05, 4.69) is 93.5 Å². The molecule has 0 bridgehead atoms. The summed E-state index contributed by atoms with van der Waals surface area (Å²) in [5.41, 5.74) is 8.54. The van der Waals surface area contributed by atoms with Crippen molar-refractivity contribution < 1.29 is 0 Å². The summed E-state index contributed by atoms with van der Waals surface area (Å²) in [7, 11) is 0. The third-order valence-electron chi connectivity index (χ3n) is 7.13. The second kappa shape index (κ2) is 8.75. The highest BCUT2D eigenvalue weighted by molar-refractivity contribution is 7.21. The zero-order valence-electron chi connectivity index (χ0n) is 20.8. The maximum atomic E-state index is 4.94. The van der Waals surface area contributed by atoms with Crippen molar-refractivity contribution in [2.24, 2.45) is 0 Å². The van der Waals surface area contributed by atoms with Crippen LogP contribution < -0.4 is 0 Å². The maximum absolute atomic E-state index is 4.94. The second-order valence-electron chi connectivity index (χ2n) is 9.44. The van der Waals surface area contributed by atoms with Gasteiger partial charge >= 0.3 is 0 Å². The van der Waals surface area contributed by atoms with Crippen LogP contribution in [0.2, 0.25) is 0 Å². The lowest BCUT2D eigenvalue weighted by molar-refractivity contribution is 0.888. The first-order valence-electron chi connectivity index (χ1n) is 12.8. The van der Waals surface area contributed by atoms with Gasteiger partial charge in [-0.25, -0.2) is 9.67 Å². The van der Waals surface area contributed by atoms with Gasteiger partial charge in [-0.3, -0.25) is 4.98 Å². The number of hydrogen-bond donors (Lipinski definition) is 0. The molecular formula is C33H21N5S. The summed E-state index contributed by atoms with van der Waals surface area (Å²) in [4.78, 5) is 9.54. The molecule has 4 aromatic heterocycles. The zero-order valence-corrected chi connectivity index (χ0v) is 21.6. The number of nitrogens with zero attached hydrogens (tertiary/aromatic N) is 5. The van der Waals surface area contributed by atoms with Crippen molar-refractivity contribution >= 4 is 43.4 Å². The van der Waals surface area contributed by atoms with Crippen molar-refractivity contribution in [3.8, 4) is 33.2 Å². The molecule has 4 heterocycles. The maximum Gasteiger partial charge on any atom is 0.124 e. The highest BCUT2D eigenvalue weighted by Gasteiger charge is 2.18. The molecule has 0 aliphatic carbocycles. The third-order valence-corrected chi connectivity index (χ3v) is 8.21. The van der Waals surface area contributed by atoms with Crippen molar-refractivity contribution in [2.45, 2.75) is 0 Å². The van der Waals surface area contributed by atoms with E-state index in [9.17, 15) is 0 Å². The van der Waals surface area contributed by atoms with E-state index in [0.717, 1.165) is 55.1 Å². The fourth-order valence-electron chi connectivity index (χ4n) is 5.40. The number of hydrogen-bond acceptors (Lipinski definition) is 4. The van der Waals surface area contributed by atoms with Gasteiger partial charge in [0, 0.05) is 46.2 Å². The van der Waals surface area contributed by atoms with E-state index in [-0.39, 0.29) is 0 Å². The van der Waals surface area contributed by atoms with Gasteiger partial charge in [-0.15, -0.1) is 11.3 Å². The Morgan fingerprint density at radius 3 is 2.46 bits per heavy atom. The van der Waals surface area contributed by atoms with Gasteiger partial charge in [0.2, 0.25) is 0 Å². The number of aromatic nitrogens is 5. The molecule has 4 aromatic carbocycles. The molecule has 6 heteroatoms. The predicted octanol–water partition coefficient (Wildman–Crippen LogP) is 8.31. The van der Waals surface area contributed by atoms with E-state index in [0.29, 0.717) is 0 Å². The van der Waals surface area contributed by atoms with Crippen molar-refractivity contribution in [2.75, 3.05) is 0 Å². The molecule has 0 fully saturated rings. The van der Waals surface area contributed by atoms with Gasteiger partial charge in [0.1, 0.15) is 5.01 Å². The first-order chi connectivity index (χ1) is 19.3. The molecule has 0 atom stereocenters. The number of para-hydroxylation sites is 1. The lowest BCUT2D eigenvalue weighted by Crippen LogP contribution is -1.97. The molecule has 0 aliphatic rings. The standard InChI is InChI=1S/C33H21N5S/c1-2-14-31-27(11-1)36-33(39-31)23-15-16-25-30(21-23)38(24-9-5-8-22(20-24)26-10-3-4-17-34-26)29-13-6-12-28(32(25)29)37-19-7-18-35-37/h1-21H. The smallest absolute Gasteiger partial charge is 0.124 e. The van der Waals surface area contributed by atoms with Gasteiger partial charge in [-0.05, 0) is 60.7 Å². The van der Waals surface area contributed by atoms with Crippen molar-refractivity contribution in [1.82, 2.24) is 24.3 Å². The Labute approximate surface area is 228 Å². The predicted molar refractivity (Wildman–Crippen MR) is 160 cm³/mol. The van der Waals surface area contributed by atoms with E-state index in [1.54, 1.807) is 11.3 Å². The normalized spacial score (nSPS) is 11.6. The minimum Gasteiger partial charge on any atom is -0.309 e. The molecule has 0 saturated heterocycles. The van der Waals surface area contributed by atoms with Crippen LogP contribution in [-0.2, 0) is 0 Å². The Hall–Kier alpha value is -5.07. The molecule has 0 spiro atoms. The minimum atomic E-state index is 0.951. The number of pyridine rings is 1. The van der Waals surface area contributed by atoms with Gasteiger partial charge in [0.05, 0.1) is 32.6 Å². The van der Waals surface area contributed by atoms with Gasteiger partial charge in [0.15, 0.2) is 0 Å². The number of rotatable bonds is 4. The first-order valence-corrected chi connectivity index (χ1v) is 13.6. The van der Waals surface area contributed by atoms with Gasteiger partial charge < -0.3 is 4.57 Å². The van der Waals surface area contributed by atoms with Crippen LogP contribution in [0, 0.1) is 0 Å². The largest absolute Gasteiger partial charge is 0.309 e. The number of thiazole rings is 1. The molecule has 5 nitrogen and oxygen atoms in total. The molecule has 0 radical (unpaired) electrons. The van der Waals surface area contributed by atoms with Crippen LogP contribution in [0.1, 0.15) is 0 Å². The Bertz CT molecular complexity index is 2090. The van der Waals surface area contributed by atoms with Crippen LogP contribution in [0.25, 0.3) is 65.2 Å². The lowest BCUT2D eigenvalue weighted by atomic mass is 10.1. The van der Waals surface area contributed by atoms with Crippen molar-refractivity contribution in [1.29, 1.82) is 0 Å². The Balaban J connectivity index is 1.43. The van der Waals surface area contributed by atoms with Crippen LogP contribution >= 0.6 is 11.3 Å². The van der Waals surface area contributed by atoms with Crippen molar-refractivity contribution in [3.05, 3.63) is 128 Å². The Kier molecular flexibility index (Phi) is 4.93. The van der Waals surface area contributed by atoms with E-state index in [1.165, 1.54) is 10.1 Å². The van der Waals surface area contributed by atoms with Crippen molar-refractivity contribution in [3.63, 3.8) is 0 Å². The second-order valence-corrected chi connectivity index (χ2v) is 10.5. The average molecular weight is 520 g/mol. The fraction of sp³-hybridized carbons (Fsp3) is 0. The zero-order chi connectivity index (χ0) is 25.8. The Morgan fingerprint density at radius 2 is 1.59 bits per heavy atom. The summed E-state index contributed by atoms with van der Waals surface area (Å²) in [6, 6.07) is 38.0. The molecule has 39 heavy (non-hydrogen) atoms. The summed E-state index contributed by atoms with van der Waals surface area (Å²) < 4.78 is 5.48. The first kappa shape index (κ1) is 22.0. The third kappa shape index (κ3) is 3.57. The molecule has 0 saturated carbocycles. The summed E-state index contributed by atoms with van der Waals surface area (Å²) in [6.07, 6.45) is 5.65. The van der Waals surface area contributed by atoms with E-state index in [1.807, 2.05) is 53.6 Å². The average Bonchev–Trinajstić information content (AvgIpc) is 3.75. The Morgan fingerprint density at radius 1 is 0.667 bits per heavy atom. The monoisotopic (exact) mass is 519 g/mol. The molecule has 0 unspecified atom stereocenters. The number of benzene rings is 4.